The molecule has 2 atom stereocenters. The lowest BCUT2D eigenvalue weighted by molar-refractivity contribution is -0.117. The predicted octanol–water partition coefficient (Wildman–Crippen LogP) is 2.91. The van der Waals surface area contributed by atoms with Gasteiger partial charge in [0, 0.05) is 12.6 Å². The second-order valence-electron chi connectivity index (χ2n) is 5.57. The third-order valence-electron chi connectivity index (χ3n) is 4.41. The van der Waals surface area contributed by atoms with Gasteiger partial charge in [-0.1, -0.05) is 6.42 Å². The zero-order valence-corrected chi connectivity index (χ0v) is 10.2. The molecule has 3 heteroatoms. The minimum Gasteiger partial charge on any atom is -0.324 e. The van der Waals surface area contributed by atoms with Crippen molar-refractivity contribution >= 4 is 11.6 Å². The van der Waals surface area contributed by atoms with Gasteiger partial charge in [0.25, 0.3) is 0 Å². The molecule has 2 aliphatic carbocycles. The number of rotatable bonds is 3. The fraction of sp³-hybridized carbons (Fsp3) is 0.571. The normalized spacial score (nSPS) is 29.8. The molecule has 2 saturated carbocycles. The fourth-order valence-corrected chi connectivity index (χ4v) is 3.26. The molecular formula is C14H18N2O. The topological polar surface area (TPSA) is 42.0 Å². The number of carbonyl (C=O) groups is 1. The van der Waals surface area contributed by atoms with Gasteiger partial charge in [-0.25, -0.2) is 0 Å². The van der Waals surface area contributed by atoms with Gasteiger partial charge in [-0.05, 0) is 49.1 Å². The van der Waals surface area contributed by atoms with Gasteiger partial charge in [0.05, 0.1) is 11.9 Å². The van der Waals surface area contributed by atoms with E-state index in [9.17, 15) is 4.79 Å². The second-order valence-corrected chi connectivity index (χ2v) is 5.57. The highest BCUT2D eigenvalue weighted by Gasteiger charge is 2.57. The molecule has 0 spiro atoms. The van der Waals surface area contributed by atoms with Crippen LogP contribution in [0.2, 0.25) is 0 Å². The Hall–Kier alpha value is -1.38. The van der Waals surface area contributed by atoms with E-state index >= 15 is 0 Å². The van der Waals surface area contributed by atoms with Crippen molar-refractivity contribution in [1.29, 1.82) is 0 Å². The summed E-state index contributed by atoms with van der Waals surface area (Å²) < 4.78 is 0. The third kappa shape index (κ3) is 1.94. The molecule has 2 fully saturated rings. The summed E-state index contributed by atoms with van der Waals surface area (Å²) in [6, 6.07) is 1.92. The van der Waals surface area contributed by atoms with E-state index < -0.39 is 0 Å². The molecule has 1 heterocycles. The average molecular weight is 230 g/mol. The number of pyridine rings is 1. The summed E-state index contributed by atoms with van der Waals surface area (Å²) in [7, 11) is 0. The van der Waals surface area contributed by atoms with Crippen molar-refractivity contribution in [3.8, 4) is 0 Å². The maximum Gasteiger partial charge on any atom is 0.224 e. The molecule has 1 N–H and O–H groups in total. The molecule has 0 aromatic carbocycles. The molecule has 1 aromatic rings. The summed E-state index contributed by atoms with van der Waals surface area (Å²) in [5.41, 5.74) is 2.30. The van der Waals surface area contributed by atoms with Gasteiger partial charge in [0.15, 0.2) is 0 Å². The van der Waals surface area contributed by atoms with Gasteiger partial charge in [-0.3, -0.25) is 9.78 Å². The molecule has 1 aromatic heterocycles. The molecule has 0 aliphatic heterocycles. The molecular weight excluding hydrogens is 212 g/mol. The van der Waals surface area contributed by atoms with E-state index in [0.717, 1.165) is 17.2 Å². The number of nitrogens with zero attached hydrogens (tertiary/aromatic N) is 1. The van der Waals surface area contributed by atoms with E-state index in [-0.39, 0.29) is 5.91 Å². The first-order chi connectivity index (χ1) is 8.20. The first-order valence-corrected chi connectivity index (χ1v) is 6.40. The van der Waals surface area contributed by atoms with Crippen LogP contribution in [0.4, 0.5) is 5.69 Å². The monoisotopic (exact) mass is 230 g/mol. The van der Waals surface area contributed by atoms with Gasteiger partial charge < -0.3 is 5.32 Å². The highest BCUT2D eigenvalue weighted by atomic mass is 16.1. The zero-order chi connectivity index (χ0) is 11.9. The molecule has 0 bridgehead atoms. The Balaban J connectivity index is 1.63. The summed E-state index contributed by atoms with van der Waals surface area (Å²) in [6.07, 6.45) is 9.33. The summed E-state index contributed by atoms with van der Waals surface area (Å²) in [5.74, 6) is 0.994. The number of nitrogens with one attached hydrogen (secondary N) is 1. The molecule has 0 radical (unpaired) electrons. The van der Waals surface area contributed by atoms with Crippen molar-refractivity contribution in [2.45, 2.75) is 39.0 Å². The summed E-state index contributed by atoms with van der Waals surface area (Å²) in [4.78, 5) is 16.1. The average Bonchev–Trinajstić information content (AvgIpc) is 2.83. The minimum absolute atomic E-state index is 0.158. The Kier molecular flexibility index (Phi) is 2.42. The van der Waals surface area contributed by atoms with Crippen molar-refractivity contribution in [2.24, 2.45) is 11.3 Å². The number of hydrogen-bond donors (Lipinski definition) is 1. The van der Waals surface area contributed by atoms with Crippen LogP contribution in [0.5, 0.6) is 0 Å². The summed E-state index contributed by atoms with van der Waals surface area (Å²) in [5, 5.41) is 2.99. The Labute approximate surface area is 102 Å². The van der Waals surface area contributed by atoms with E-state index in [1.54, 1.807) is 12.4 Å². The maximum absolute atomic E-state index is 12.0. The Morgan fingerprint density at radius 1 is 1.65 bits per heavy atom. The highest BCUT2D eigenvalue weighted by Crippen LogP contribution is 2.65. The van der Waals surface area contributed by atoms with Gasteiger partial charge >= 0.3 is 0 Å². The quantitative estimate of drug-likeness (QED) is 0.867. The number of amides is 1. The fourth-order valence-electron chi connectivity index (χ4n) is 3.26. The lowest BCUT2D eigenvalue weighted by atomic mass is 9.99. The number of fused-ring (bicyclic) bond motifs is 1. The molecule has 1 amide bonds. The van der Waals surface area contributed by atoms with Crippen molar-refractivity contribution in [1.82, 2.24) is 4.98 Å². The minimum atomic E-state index is 0.158. The second kappa shape index (κ2) is 3.83. The Morgan fingerprint density at radius 3 is 3.18 bits per heavy atom. The predicted molar refractivity (Wildman–Crippen MR) is 66.6 cm³/mol. The number of aromatic nitrogens is 1. The molecule has 0 unspecified atom stereocenters. The van der Waals surface area contributed by atoms with Crippen LogP contribution in [0.25, 0.3) is 0 Å². The van der Waals surface area contributed by atoms with Crippen LogP contribution in [0, 0.1) is 18.3 Å². The third-order valence-corrected chi connectivity index (χ3v) is 4.41. The van der Waals surface area contributed by atoms with Gasteiger partial charge in [0.2, 0.25) is 5.91 Å². The van der Waals surface area contributed by atoms with Crippen molar-refractivity contribution < 1.29 is 4.79 Å². The van der Waals surface area contributed by atoms with Crippen LogP contribution in [0.1, 0.15) is 37.7 Å². The smallest absolute Gasteiger partial charge is 0.224 e. The van der Waals surface area contributed by atoms with Gasteiger partial charge in [-0.15, -0.1) is 0 Å². The molecule has 0 saturated heterocycles. The van der Waals surface area contributed by atoms with Crippen LogP contribution in [0.3, 0.4) is 0 Å². The number of carbonyl (C=O) groups excluding carboxylic acids is 1. The van der Waals surface area contributed by atoms with Crippen molar-refractivity contribution in [2.75, 3.05) is 5.32 Å². The first-order valence-electron chi connectivity index (χ1n) is 6.40. The van der Waals surface area contributed by atoms with Crippen molar-refractivity contribution in [3.05, 3.63) is 24.0 Å². The summed E-state index contributed by atoms with van der Waals surface area (Å²) in [6.45, 7) is 1.99. The zero-order valence-electron chi connectivity index (χ0n) is 10.2. The summed E-state index contributed by atoms with van der Waals surface area (Å²) >= 11 is 0. The van der Waals surface area contributed by atoms with Crippen LogP contribution < -0.4 is 5.32 Å². The molecule has 17 heavy (non-hydrogen) atoms. The molecule has 90 valence electrons. The lowest BCUT2D eigenvalue weighted by Gasteiger charge is -2.12. The van der Waals surface area contributed by atoms with Crippen LogP contribution >= 0.6 is 0 Å². The largest absolute Gasteiger partial charge is 0.324 e. The lowest BCUT2D eigenvalue weighted by Crippen LogP contribution is -2.17. The first kappa shape index (κ1) is 10.8. The van der Waals surface area contributed by atoms with E-state index in [1.165, 1.54) is 25.7 Å². The van der Waals surface area contributed by atoms with Crippen LogP contribution in [-0.2, 0) is 4.79 Å². The molecule has 3 nitrogen and oxygen atoms in total. The highest BCUT2D eigenvalue weighted by molar-refractivity contribution is 5.92. The van der Waals surface area contributed by atoms with E-state index in [2.05, 4.69) is 10.3 Å². The Morgan fingerprint density at radius 2 is 2.53 bits per heavy atom. The number of hydrogen-bond acceptors (Lipinski definition) is 2. The standard InChI is InChI=1S/C14H18N2O/c1-10-4-6-15-9-12(10)16-13(17)8-14-5-2-3-11(14)7-14/h4,6,9,11H,2-3,5,7-8H2,1H3,(H,16,17)/t11-,14+/m1/s1. The number of anilines is 1. The Bertz CT molecular complexity index is 457. The van der Waals surface area contributed by atoms with Crippen molar-refractivity contribution in [3.63, 3.8) is 0 Å². The number of aryl methyl sites for hydroxylation is 1. The van der Waals surface area contributed by atoms with Crippen LogP contribution in [-0.4, -0.2) is 10.9 Å². The van der Waals surface area contributed by atoms with E-state index in [4.69, 9.17) is 0 Å². The SMILES string of the molecule is Cc1ccncc1NC(=O)C[C@@]12CCC[C@@H]1C2. The van der Waals surface area contributed by atoms with E-state index in [0.29, 0.717) is 11.8 Å². The maximum atomic E-state index is 12.0. The molecule has 3 rings (SSSR count). The van der Waals surface area contributed by atoms with E-state index in [1.807, 2.05) is 13.0 Å². The van der Waals surface area contributed by atoms with Gasteiger partial charge in [-0.2, -0.15) is 0 Å². The van der Waals surface area contributed by atoms with Crippen LogP contribution in [0.15, 0.2) is 18.5 Å². The molecule has 2 aliphatic rings. The van der Waals surface area contributed by atoms with Gasteiger partial charge in [0.1, 0.15) is 0 Å².